The monoisotopic (exact) mass is 240 g/mol. The molecule has 2 unspecified atom stereocenters. The van der Waals surface area contributed by atoms with Gasteiger partial charge in [-0.15, -0.1) is 0 Å². The third kappa shape index (κ3) is 3.96. The van der Waals surface area contributed by atoms with Crippen LogP contribution in [0.25, 0.3) is 0 Å². The highest BCUT2D eigenvalue weighted by atomic mass is 16.5. The largest absolute Gasteiger partial charge is 0.381 e. The zero-order chi connectivity index (χ0) is 12.1. The van der Waals surface area contributed by atoms with Gasteiger partial charge in [0.05, 0.1) is 0 Å². The molecule has 2 saturated heterocycles. The maximum atomic E-state index is 11.9. The minimum absolute atomic E-state index is 0.180. The predicted octanol–water partition coefficient (Wildman–Crippen LogP) is 0.917. The van der Waals surface area contributed by atoms with Crippen molar-refractivity contribution in [3.63, 3.8) is 0 Å². The molecule has 2 atom stereocenters. The Morgan fingerprint density at radius 2 is 2.06 bits per heavy atom. The van der Waals surface area contributed by atoms with Crippen molar-refractivity contribution in [2.75, 3.05) is 26.3 Å². The van der Waals surface area contributed by atoms with Crippen molar-refractivity contribution in [1.29, 1.82) is 0 Å². The van der Waals surface area contributed by atoms with Crippen molar-refractivity contribution in [3.8, 4) is 0 Å². The van der Waals surface area contributed by atoms with Crippen molar-refractivity contribution in [3.05, 3.63) is 0 Å². The van der Waals surface area contributed by atoms with Crippen molar-refractivity contribution >= 4 is 5.91 Å². The summed E-state index contributed by atoms with van der Waals surface area (Å²) in [6.45, 7) is 5.56. The van der Waals surface area contributed by atoms with Gasteiger partial charge in [0.25, 0.3) is 0 Å². The number of nitrogens with one attached hydrogen (secondary N) is 2. The van der Waals surface area contributed by atoms with Gasteiger partial charge >= 0.3 is 0 Å². The first-order valence-corrected chi connectivity index (χ1v) is 6.84. The van der Waals surface area contributed by atoms with E-state index in [1.165, 1.54) is 12.8 Å². The Labute approximate surface area is 103 Å². The molecule has 0 aromatic carbocycles. The van der Waals surface area contributed by atoms with Gasteiger partial charge in [-0.2, -0.15) is 0 Å². The highest BCUT2D eigenvalue weighted by Crippen LogP contribution is 2.16. The molecular weight excluding hydrogens is 216 g/mol. The van der Waals surface area contributed by atoms with Crippen LogP contribution in [0, 0.1) is 11.8 Å². The van der Waals surface area contributed by atoms with Crippen LogP contribution in [0.4, 0.5) is 0 Å². The molecule has 2 aliphatic rings. The van der Waals surface area contributed by atoms with Gasteiger partial charge in [-0.25, -0.2) is 0 Å². The number of rotatable bonds is 3. The van der Waals surface area contributed by atoms with Crippen molar-refractivity contribution in [2.45, 2.75) is 38.6 Å². The zero-order valence-corrected chi connectivity index (χ0v) is 10.7. The van der Waals surface area contributed by atoms with Crippen LogP contribution in [-0.2, 0) is 9.53 Å². The summed E-state index contributed by atoms with van der Waals surface area (Å²) in [7, 11) is 0. The van der Waals surface area contributed by atoms with Gasteiger partial charge in [-0.05, 0) is 45.1 Å². The fourth-order valence-electron chi connectivity index (χ4n) is 2.58. The van der Waals surface area contributed by atoms with E-state index in [0.29, 0.717) is 12.0 Å². The number of ether oxygens (including phenoxy) is 1. The average Bonchev–Trinajstić information content (AvgIpc) is 2.39. The number of carbonyl (C=O) groups is 1. The highest BCUT2D eigenvalue weighted by molar-refractivity contribution is 5.78. The standard InChI is InChI=1S/C13H24N2O2/c1-10-2-3-11(8-14-10)9-15-13(16)12-4-6-17-7-5-12/h10-12,14H,2-9H2,1H3,(H,15,16). The molecule has 2 N–H and O–H groups in total. The van der Waals surface area contributed by atoms with Gasteiger partial charge in [0.15, 0.2) is 0 Å². The van der Waals surface area contributed by atoms with Crippen molar-refractivity contribution in [2.24, 2.45) is 11.8 Å². The van der Waals surface area contributed by atoms with E-state index in [-0.39, 0.29) is 11.8 Å². The molecular formula is C13H24N2O2. The number of piperidine rings is 1. The van der Waals surface area contributed by atoms with E-state index in [9.17, 15) is 4.79 Å². The molecule has 2 aliphatic heterocycles. The van der Waals surface area contributed by atoms with E-state index >= 15 is 0 Å². The first-order valence-electron chi connectivity index (χ1n) is 6.84. The van der Waals surface area contributed by atoms with Gasteiger partial charge in [0.2, 0.25) is 5.91 Å². The van der Waals surface area contributed by atoms with E-state index in [1.807, 2.05) is 0 Å². The summed E-state index contributed by atoms with van der Waals surface area (Å²) in [4.78, 5) is 11.9. The summed E-state index contributed by atoms with van der Waals surface area (Å²) in [5.41, 5.74) is 0. The fraction of sp³-hybridized carbons (Fsp3) is 0.923. The smallest absolute Gasteiger partial charge is 0.223 e. The second kappa shape index (κ2) is 6.36. The molecule has 98 valence electrons. The normalized spacial score (nSPS) is 31.1. The molecule has 2 rings (SSSR count). The summed E-state index contributed by atoms with van der Waals surface area (Å²) in [5.74, 6) is 1.01. The van der Waals surface area contributed by atoms with Crippen LogP contribution in [0.2, 0.25) is 0 Å². The highest BCUT2D eigenvalue weighted by Gasteiger charge is 2.23. The Kier molecular flexibility index (Phi) is 4.80. The topological polar surface area (TPSA) is 50.4 Å². The Balaban J connectivity index is 1.65. The fourth-order valence-corrected chi connectivity index (χ4v) is 2.58. The molecule has 1 amide bonds. The lowest BCUT2D eigenvalue weighted by molar-refractivity contribution is -0.128. The van der Waals surface area contributed by atoms with Crippen LogP contribution in [0.15, 0.2) is 0 Å². The third-order valence-corrected chi connectivity index (χ3v) is 3.92. The summed E-state index contributed by atoms with van der Waals surface area (Å²) >= 11 is 0. The first kappa shape index (κ1) is 12.8. The van der Waals surface area contributed by atoms with Crippen LogP contribution in [0.3, 0.4) is 0 Å². The third-order valence-electron chi connectivity index (χ3n) is 3.92. The number of carbonyl (C=O) groups excluding carboxylic acids is 1. The lowest BCUT2D eigenvalue weighted by atomic mass is 9.94. The van der Waals surface area contributed by atoms with Crippen LogP contribution < -0.4 is 10.6 Å². The molecule has 17 heavy (non-hydrogen) atoms. The molecule has 2 heterocycles. The quantitative estimate of drug-likeness (QED) is 0.771. The number of amides is 1. The molecule has 0 spiro atoms. The Morgan fingerprint density at radius 3 is 2.71 bits per heavy atom. The molecule has 0 saturated carbocycles. The number of hydrogen-bond acceptors (Lipinski definition) is 3. The SMILES string of the molecule is CC1CCC(CNC(=O)C2CCOCC2)CN1. The van der Waals surface area contributed by atoms with E-state index < -0.39 is 0 Å². The summed E-state index contributed by atoms with van der Waals surface area (Å²) in [5, 5.41) is 6.57. The summed E-state index contributed by atoms with van der Waals surface area (Å²) < 4.78 is 5.27. The minimum atomic E-state index is 0.180. The second-order valence-electron chi connectivity index (χ2n) is 5.38. The molecule has 2 fully saturated rings. The minimum Gasteiger partial charge on any atom is -0.381 e. The van der Waals surface area contributed by atoms with E-state index in [2.05, 4.69) is 17.6 Å². The molecule has 0 aromatic heterocycles. The van der Waals surface area contributed by atoms with Crippen LogP contribution in [0.5, 0.6) is 0 Å². The molecule has 0 bridgehead atoms. The molecule has 4 nitrogen and oxygen atoms in total. The first-order chi connectivity index (χ1) is 8.25. The van der Waals surface area contributed by atoms with Crippen molar-refractivity contribution in [1.82, 2.24) is 10.6 Å². The molecule has 4 heteroatoms. The van der Waals surface area contributed by atoms with Crippen LogP contribution >= 0.6 is 0 Å². The van der Waals surface area contributed by atoms with Gasteiger partial charge in [0, 0.05) is 31.7 Å². The predicted molar refractivity (Wildman–Crippen MR) is 66.7 cm³/mol. The maximum absolute atomic E-state index is 11.9. The maximum Gasteiger partial charge on any atom is 0.223 e. The molecule has 0 aromatic rings. The van der Waals surface area contributed by atoms with E-state index in [4.69, 9.17) is 4.74 Å². The average molecular weight is 240 g/mol. The summed E-state index contributed by atoms with van der Waals surface area (Å²) in [6.07, 6.45) is 4.21. The van der Waals surface area contributed by atoms with Crippen LogP contribution in [-0.4, -0.2) is 38.3 Å². The van der Waals surface area contributed by atoms with Crippen LogP contribution in [0.1, 0.15) is 32.6 Å². The van der Waals surface area contributed by atoms with Gasteiger partial charge in [0.1, 0.15) is 0 Å². The zero-order valence-electron chi connectivity index (χ0n) is 10.7. The Hall–Kier alpha value is -0.610. The lowest BCUT2D eigenvalue weighted by Crippen LogP contribution is -2.43. The molecule has 0 radical (unpaired) electrons. The lowest BCUT2D eigenvalue weighted by Gasteiger charge is -2.28. The number of hydrogen-bond donors (Lipinski definition) is 2. The molecule has 0 aliphatic carbocycles. The Morgan fingerprint density at radius 1 is 1.29 bits per heavy atom. The van der Waals surface area contributed by atoms with Crippen molar-refractivity contribution < 1.29 is 9.53 Å². The van der Waals surface area contributed by atoms with E-state index in [1.54, 1.807) is 0 Å². The Bertz CT molecular complexity index is 244. The van der Waals surface area contributed by atoms with Gasteiger partial charge in [-0.3, -0.25) is 4.79 Å². The van der Waals surface area contributed by atoms with Gasteiger partial charge in [-0.1, -0.05) is 0 Å². The second-order valence-corrected chi connectivity index (χ2v) is 5.38. The van der Waals surface area contributed by atoms with E-state index in [0.717, 1.165) is 39.1 Å². The van der Waals surface area contributed by atoms with Gasteiger partial charge < -0.3 is 15.4 Å². The summed E-state index contributed by atoms with van der Waals surface area (Å²) in [6, 6.07) is 0.637.